The Morgan fingerprint density at radius 3 is 2.50 bits per heavy atom. The maximum atomic E-state index is 13.4. The second-order valence-electron chi connectivity index (χ2n) is 2.74. The molecular formula is C8H8FN5. The van der Waals surface area contributed by atoms with E-state index in [-0.39, 0.29) is 17.3 Å². The van der Waals surface area contributed by atoms with Crippen LogP contribution < -0.4 is 5.73 Å². The summed E-state index contributed by atoms with van der Waals surface area (Å²) < 4.78 is 14.7. The summed E-state index contributed by atoms with van der Waals surface area (Å²) in [7, 11) is 1.56. The quantitative estimate of drug-likeness (QED) is 0.719. The molecule has 72 valence electrons. The fraction of sp³-hybridized carbons (Fsp3) is 0.125. The minimum Gasteiger partial charge on any atom is -0.381 e. The van der Waals surface area contributed by atoms with Crippen molar-refractivity contribution in [3.63, 3.8) is 0 Å². The van der Waals surface area contributed by atoms with Crippen molar-refractivity contribution in [3.8, 4) is 11.5 Å². The zero-order valence-electron chi connectivity index (χ0n) is 7.48. The van der Waals surface area contributed by atoms with Crippen LogP contribution in [0.5, 0.6) is 0 Å². The molecule has 0 radical (unpaired) electrons. The molecule has 2 rings (SSSR count). The molecule has 0 aliphatic carbocycles. The third-order valence-corrected chi connectivity index (χ3v) is 1.81. The molecule has 2 heterocycles. The average Bonchev–Trinajstić information content (AvgIpc) is 2.47. The Morgan fingerprint density at radius 2 is 2.00 bits per heavy atom. The molecule has 0 saturated carbocycles. The van der Waals surface area contributed by atoms with Crippen molar-refractivity contribution in [1.29, 1.82) is 0 Å². The van der Waals surface area contributed by atoms with Crippen LogP contribution in [0, 0.1) is 5.82 Å². The van der Waals surface area contributed by atoms with Crippen molar-refractivity contribution in [3.05, 3.63) is 24.3 Å². The number of aryl methyl sites for hydroxylation is 1. The van der Waals surface area contributed by atoms with Crippen LogP contribution in [0.4, 0.5) is 10.2 Å². The molecule has 0 fully saturated rings. The first kappa shape index (κ1) is 8.61. The van der Waals surface area contributed by atoms with Gasteiger partial charge in [-0.25, -0.2) is 19.0 Å². The summed E-state index contributed by atoms with van der Waals surface area (Å²) in [4.78, 5) is 7.76. The monoisotopic (exact) mass is 193 g/mol. The lowest BCUT2D eigenvalue weighted by atomic mass is 10.4. The van der Waals surface area contributed by atoms with E-state index >= 15 is 0 Å². The number of rotatable bonds is 1. The molecule has 2 aromatic rings. The number of hydrogen-bond donors (Lipinski definition) is 1. The molecule has 0 unspecified atom stereocenters. The minimum absolute atomic E-state index is 0.0209. The van der Waals surface area contributed by atoms with Gasteiger partial charge < -0.3 is 5.73 Å². The molecule has 14 heavy (non-hydrogen) atoms. The van der Waals surface area contributed by atoms with Crippen LogP contribution in [-0.4, -0.2) is 19.7 Å². The van der Waals surface area contributed by atoms with Gasteiger partial charge >= 0.3 is 0 Å². The summed E-state index contributed by atoms with van der Waals surface area (Å²) in [6.45, 7) is 0. The van der Waals surface area contributed by atoms with Crippen LogP contribution in [-0.2, 0) is 7.05 Å². The van der Waals surface area contributed by atoms with Gasteiger partial charge in [-0.3, -0.25) is 0 Å². The van der Waals surface area contributed by atoms with Crippen molar-refractivity contribution in [2.24, 2.45) is 7.05 Å². The Hall–Kier alpha value is -1.98. The number of halogens is 1. The molecule has 0 bridgehead atoms. The summed E-state index contributed by atoms with van der Waals surface area (Å²) in [5.41, 5.74) is 5.48. The van der Waals surface area contributed by atoms with Gasteiger partial charge in [-0.1, -0.05) is 0 Å². The lowest BCUT2D eigenvalue weighted by molar-refractivity contribution is 0.632. The largest absolute Gasteiger partial charge is 0.381 e. The third-order valence-electron chi connectivity index (χ3n) is 1.81. The van der Waals surface area contributed by atoms with Crippen LogP contribution >= 0.6 is 0 Å². The third kappa shape index (κ3) is 1.20. The first-order valence-corrected chi connectivity index (χ1v) is 3.95. The van der Waals surface area contributed by atoms with Gasteiger partial charge in [0.15, 0.2) is 23.2 Å². The SMILES string of the molecule is Cn1nc(-c2ncccn2)c(F)c1N. The summed E-state index contributed by atoms with van der Waals surface area (Å²) in [5, 5.41) is 3.87. The Balaban J connectivity index is 2.58. The highest BCUT2D eigenvalue weighted by atomic mass is 19.1. The number of anilines is 1. The van der Waals surface area contributed by atoms with E-state index in [2.05, 4.69) is 15.1 Å². The van der Waals surface area contributed by atoms with Crippen molar-refractivity contribution in [2.75, 3.05) is 5.73 Å². The number of nitrogen functional groups attached to an aromatic ring is 1. The van der Waals surface area contributed by atoms with Crippen LogP contribution in [0.25, 0.3) is 11.5 Å². The highest BCUT2D eigenvalue weighted by Gasteiger charge is 2.16. The first-order valence-electron chi connectivity index (χ1n) is 3.95. The molecule has 2 N–H and O–H groups in total. The van der Waals surface area contributed by atoms with Crippen molar-refractivity contribution in [1.82, 2.24) is 19.7 Å². The van der Waals surface area contributed by atoms with Crippen molar-refractivity contribution < 1.29 is 4.39 Å². The van der Waals surface area contributed by atoms with E-state index in [1.807, 2.05) is 0 Å². The van der Waals surface area contributed by atoms with E-state index < -0.39 is 5.82 Å². The Bertz CT molecular complexity index is 450. The highest BCUT2D eigenvalue weighted by Crippen LogP contribution is 2.20. The smallest absolute Gasteiger partial charge is 0.196 e. The van der Waals surface area contributed by atoms with Crippen molar-refractivity contribution >= 4 is 5.82 Å². The van der Waals surface area contributed by atoms with Crippen LogP contribution in [0.3, 0.4) is 0 Å². The predicted octanol–water partition coefficient (Wildman–Crippen LogP) is 0.598. The number of nitrogens with two attached hydrogens (primary N) is 1. The van der Waals surface area contributed by atoms with Gasteiger partial charge in [0.2, 0.25) is 0 Å². The topological polar surface area (TPSA) is 69.6 Å². The minimum atomic E-state index is -0.585. The molecule has 0 aromatic carbocycles. The summed E-state index contributed by atoms with van der Waals surface area (Å²) in [6, 6.07) is 1.65. The molecule has 0 aliphatic rings. The fourth-order valence-corrected chi connectivity index (χ4v) is 1.08. The first-order chi connectivity index (χ1) is 6.70. The molecule has 0 spiro atoms. The second-order valence-corrected chi connectivity index (χ2v) is 2.74. The van der Waals surface area contributed by atoms with Crippen LogP contribution in [0.2, 0.25) is 0 Å². The van der Waals surface area contributed by atoms with Gasteiger partial charge in [-0.15, -0.1) is 0 Å². The number of nitrogens with zero attached hydrogens (tertiary/aromatic N) is 4. The van der Waals surface area contributed by atoms with Gasteiger partial charge in [0, 0.05) is 19.4 Å². The number of hydrogen-bond acceptors (Lipinski definition) is 4. The molecule has 5 nitrogen and oxygen atoms in total. The van der Waals surface area contributed by atoms with Crippen LogP contribution in [0.1, 0.15) is 0 Å². The summed E-state index contributed by atoms with van der Waals surface area (Å²) in [6.07, 6.45) is 3.04. The van der Waals surface area contributed by atoms with Gasteiger partial charge in [0.25, 0.3) is 0 Å². The molecule has 0 saturated heterocycles. The van der Waals surface area contributed by atoms with E-state index in [1.165, 1.54) is 17.1 Å². The van der Waals surface area contributed by atoms with Crippen molar-refractivity contribution in [2.45, 2.75) is 0 Å². The maximum absolute atomic E-state index is 13.4. The lowest BCUT2D eigenvalue weighted by Crippen LogP contribution is -1.97. The molecule has 2 aromatic heterocycles. The Morgan fingerprint density at radius 1 is 1.36 bits per heavy atom. The van der Waals surface area contributed by atoms with E-state index in [0.717, 1.165) is 0 Å². The Kier molecular flexibility index (Phi) is 1.88. The average molecular weight is 193 g/mol. The molecule has 0 amide bonds. The molecular weight excluding hydrogens is 185 g/mol. The summed E-state index contributed by atoms with van der Waals surface area (Å²) >= 11 is 0. The van der Waals surface area contributed by atoms with Gasteiger partial charge in [-0.05, 0) is 6.07 Å². The van der Waals surface area contributed by atoms with Gasteiger partial charge in [0.05, 0.1) is 0 Å². The van der Waals surface area contributed by atoms with Crippen LogP contribution in [0.15, 0.2) is 18.5 Å². The van der Waals surface area contributed by atoms with E-state index in [9.17, 15) is 4.39 Å². The maximum Gasteiger partial charge on any atom is 0.196 e. The standard InChI is InChI=1S/C8H8FN5/c1-14-7(10)5(9)6(13-14)8-11-3-2-4-12-8/h2-4H,10H2,1H3. The molecule has 0 atom stereocenters. The lowest BCUT2D eigenvalue weighted by Gasteiger charge is -1.92. The predicted molar refractivity (Wildman–Crippen MR) is 48.6 cm³/mol. The Labute approximate surface area is 79.4 Å². The molecule has 0 aliphatic heterocycles. The highest BCUT2D eigenvalue weighted by molar-refractivity contribution is 5.55. The normalized spacial score (nSPS) is 10.4. The zero-order chi connectivity index (χ0) is 10.1. The fourth-order valence-electron chi connectivity index (χ4n) is 1.08. The van der Waals surface area contributed by atoms with Gasteiger partial charge in [-0.2, -0.15) is 5.10 Å². The summed E-state index contributed by atoms with van der Waals surface area (Å²) in [5.74, 6) is -0.372. The molecule has 6 heteroatoms. The van der Waals surface area contributed by atoms with E-state index in [4.69, 9.17) is 5.73 Å². The van der Waals surface area contributed by atoms with Gasteiger partial charge in [0.1, 0.15) is 0 Å². The zero-order valence-corrected chi connectivity index (χ0v) is 7.48. The second kappa shape index (κ2) is 3.06. The van der Waals surface area contributed by atoms with E-state index in [0.29, 0.717) is 0 Å². The van der Waals surface area contributed by atoms with E-state index in [1.54, 1.807) is 13.1 Å². The number of aromatic nitrogens is 4.